The Kier molecular flexibility index (Phi) is 5.02. The van der Waals surface area contributed by atoms with Crippen molar-refractivity contribution >= 4 is 5.96 Å². The third-order valence-corrected chi connectivity index (χ3v) is 3.50. The van der Waals surface area contributed by atoms with Crippen LogP contribution >= 0.6 is 0 Å². The second-order valence-electron chi connectivity index (χ2n) is 4.67. The van der Waals surface area contributed by atoms with E-state index in [2.05, 4.69) is 34.7 Å². The molecular weight excluding hydrogens is 202 g/mol. The maximum atomic E-state index is 5.41. The lowest BCUT2D eigenvalue weighted by Crippen LogP contribution is -2.47. The van der Waals surface area contributed by atoms with E-state index in [1.807, 2.05) is 6.92 Å². The molecule has 0 heterocycles. The van der Waals surface area contributed by atoms with Gasteiger partial charge in [0.2, 0.25) is 5.96 Å². The molecule has 0 amide bonds. The predicted molar refractivity (Wildman–Crippen MR) is 68.2 cm³/mol. The molecule has 1 saturated carbocycles. The molecule has 16 heavy (non-hydrogen) atoms. The number of hydrogen-bond acceptors (Lipinski definition) is 3. The Morgan fingerprint density at radius 2 is 2.00 bits per heavy atom. The van der Waals surface area contributed by atoms with Crippen LogP contribution in [-0.4, -0.2) is 43.6 Å². The van der Waals surface area contributed by atoms with Crippen molar-refractivity contribution in [2.75, 3.05) is 27.2 Å². The Hall–Kier alpha value is -0.810. The predicted octanol–water partition coefficient (Wildman–Crippen LogP) is 0.290. The summed E-state index contributed by atoms with van der Waals surface area (Å²) in [4.78, 5) is 6.84. The van der Waals surface area contributed by atoms with Crippen LogP contribution in [0.2, 0.25) is 0 Å². The fourth-order valence-electron chi connectivity index (χ4n) is 2.33. The van der Waals surface area contributed by atoms with Crippen molar-refractivity contribution in [1.82, 2.24) is 15.6 Å². The van der Waals surface area contributed by atoms with Crippen LogP contribution in [0.3, 0.4) is 0 Å². The Bertz CT molecular complexity index is 231. The second-order valence-corrected chi connectivity index (χ2v) is 4.67. The summed E-state index contributed by atoms with van der Waals surface area (Å²) in [5.41, 5.74) is 2.84. The molecule has 1 aliphatic rings. The van der Waals surface area contributed by atoms with Crippen molar-refractivity contribution in [2.45, 2.75) is 38.1 Å². The maximum Gasteiger partial charge on any atom is 0.205 e. The number of likely N-dealkylation sites (N-methyl/N-ethyl adjacent to an activating group) is 1. The Balaban J connectivity index is 2.61. The molecule has 0 aromatic heterocycles. The van der Waals surface area contributed by atoms with Gasteiger partial charge in [-0.3, -0.25) is 10.4 Å². The van der Waals surface area contributed by atoms with Gasteiger partial charge in [-0.25, -0.2) is 5.84 Å². The van der Waals surface area contributed by atoms with Crippen molar-refractivity contribution in [3.8, 4) is 0 Å². The van der Waals surface area contributed by atoms with Gasteiger partial charge in [0, 0.05) is 12.1 Å². The largest absolute Gasteiger partial charge is 0.356 e. The van der Waals surface area contributed by atoms with Crippen LogP contribution in [-0.2, 0) is 0 Å². The normalized spacial score (nSPS) is 20.2. The van der Waals surface area contributed by atoms with Crippen LogP contribution in [0.15, 0.2) is 4.99 Å². The van der Waals surface area contributed by atoms with E-state index in [9.17, 15) is 0 Å². The SMILES string of the molecule is CCNC(=NCC1(N(C)C)CCCC1)NN. The van der Waals surface area contributed by atoms with Gasteiger partial charge in [-0.15, -0.1) is 0 Å². The number of hydrogen-bond donors (Lipinski definition) is 3. The van der Waals surface area contributed by atoms with E-state index >= 15 is 0 Å². The van der Waals surface area contributed by atoms with Crippen LogP contribution < -0.4 is 16.6 Å². The Morgan fingerprint density at radius 1 is 1.38 bits per heavy atom. The van der Waals surface area contributed by atoms with Gasteiger partial charge < -0.3 is 10.2 Å². The summed E-state index contributed by atoms with van der Waals surface area (Å²) >= 11 is 0. The first-order valence-corrected chi connectivity index (χ1v) is 6.07. The summed E-state index contributed by atoms with van der Waals surface area (Å²) in [5.74, 6) is 6.10. The summed E-state index contributed by atoms with van der Waals surface area (Å²) in [6.45, 7) is 3.68. The fraction of sp³-hybridized carbons (Fsp3) is 0.909. The lowest BCUT2D eigenvalue weighted by Gasteiger charge is -2.35. The van der Waals surface area contributed by atoms with Gasteiger partial charge in [0.25, 0.3) is 0 Å². The van der Waals surface area contributed by atoms with Gasteiger partial charge in [0.1, 0.15) is 0 Å². The third kappa shape index (κ3) is 3.09. The van der Waals surface area contributed by atoms with E-state index < -0.39 is 0 Å². The highest BCUT2D eigenvalue weighted by Crippen LogP contribution is 2.33. The highest BCUT2D eigenvalue weighted by molar-refractivity contribution is 5.79. The standard InChI is InChI=1S/C11H25N5/c1-4-13-10(15-12)14-9-11(16(2)3)7-5-6-8-11/h4-9,12H2,1-3H3,(H2,13,14,15). The summed E-state index contributed by atoms with van der Waals surface area (Å²) in [6.07, 6.45) is 5.07. The van der Waals surface area contributed by atoms with Crippen molar-refractivity contribution < 1.29 is 0 Å². The minimum atomic E-state index is 0.234. The maximum absolute atomic E-state index is 5.41. The molecule has 0 bridgehead atoms. The zero-order chi connectivity index (χ0) is 12.0. The van der Waals surface area contributed by atoms with Gasteiger partial charge in [0.15, 0.2) is 0 Å². The smallest absolute Gasteiger partial charge is 0.205 e. The molecule has 0 spiro atoms. The monoisotopic (exact) mass is 227 g/mol. The molecule has 4 N–H and O–H groups in total. The van der Waals surface area contributed by atoms with Crippen LogP contribution in [0.4, 0.5) is 0 Å². The molecule has 0 aromatic carbocycles. The molecule has 0 aliphatic heterocycles. The minimum absolute atomic E-state index is 0.234. The van der Waals surface area contributed by atoms with Crippen LogP contribution in [0.1, 0.15) is 32.6 Å². The Morgan fingerprint density at radius 3 is 2.44 bits per heavy atom. The van der Waals surface area contributed by atoms with Crippen molar-refractivity contribution in [3.05, 3.63) is 0 Å². The van der Waals surface area contributed by atoms with E-state index in [-0.39, 0.29) is 5.54 Å². The van der Waals surface area contributed by atoms with Crippen LogP contribution in [0, 0.1) is 0 Å². The molecule has 1 aliphatic carbocycles. The quantitative estimate of drug-likeness (QED) is 0.279. The van der Waals surface area contributed by atoms with Gasteiger partial charge in [-0.05, 0) is 33.9 Å². The zero-order valence-electron chi connectivity index (χ0n) is 10.7. The number of aliphatic imine (C=N–C) groups is 1. The van der Waals surface area contributed by atoms with Gasteiger partial charge >= 0.3 is 0 Å². The number of nitrogens with zero attached hydrogens (tertiary/aromatic N) is 2. The second kappa shape index (κ2) is 6.06. The molecule has 0 unspecified atom stereocenters. The van der Waals surface area contributed by atoms with Crippen molar-refractivity contribution in [1.29, 1.82) is 0 Å². The number of nitrogens with two attached hydrogens (primary N) is 1. The number of guanidine groups is 1. The van der Waals surface area contributed by atoms with Gasteiger partial charge in [-0.1, -0.05) is 12.8 Å². The van der Waals surface area contributed by atoms with E-state index in [4.69, 9.17) is 5.84 Å². The van der Waals surface area contributed by atoms with Crippen molar-refractivity contribution in [3.63, 3.8) is 0 Å². The van der Waals surface area contributed by atoms with Crippen LogP contribution in [0.5, 0.6) is 0 Å². The first-order valence-electron chi connectivity index (χ1n) is 6.07. The topological polar surface area (TPSA) is 65.7 Å². The minimum Gasteiger partial charge on any atom is -0.356 e. The summed E-state index contributed by atoms with van der Waals surface area (Å²) in [6, 6.07) is 0. The van der Waals surface area contributed by atoms with Gasteiger partial charge in [-0.2, -0.15) is 0 Å². The molecule has 0 aromatic rings. The highest BCUT2D eigenvalue weighted by Gasteiger charge is 2.35. The average Bonchev–Trinajstić information content (AvgIpc) is 2.74. The molecule has 5 heteroatoms. The van der Waals surface area contributed by atoms with E-state index in [1.165, 1.54) is 25.7 Å². The molecule has 0 radical (unpaired) electrons. The first kappa shape index (κ1) is 13.3. The molecule has 0 atom stereocenters. The molecule has 0 saturated heterocycles. The lowest BCUT2D eigenvalue weighted by atomic mass is 9.96. The number of nitrogens with one attached hydrogen (secondary N) is 2. The third-order valence-electron chi connectivity index (χ3n) is 3.50. The fourth-order valence-corrected chi connectivity index (χ4v) is 2.33. The highest BCUT2D eigenvalue weighted by atomic mass is 15.3. The van der Waals surface area contributed by atoms with E-state index in [1.54, 1.807) is 0 Å². The summed E-state index contributed by atoms with van der Waals surface area (Å²) in [7, 11) is 4.28. The number of rotatable bonds is 4. The molecule has 94 valence electrons. The summed E-state index contributed by atoms with van der Waals surface area (Å²) < 4.78 is 0. The Labute approximate surface area is 98.4 Å². The molecule has 1 rings (SSSR count). The number of hydrazine groups is 1. The first-order chi connectivity index (χ1) is 7.64. The summed E-state index contributed by atoms with van der Waals surface area (Å²) in [5, 5.41) is 3.11. The lowest BCUT2D eigenvalue weighted by molar-refractivity contribution is 0.167. The van der Waals surface area contributed by atoms with E-state index in [0.29, 0.717) is 5.96 Å². The van der Waals surface area contributed by atoms with Gasteiger partial charge in [0.05, 0.1) is 6.54 Å². The van der Waals surface area contributed by atoms with E-state index in [0.717, 1.165) is 13.1 Å². The molecular formula is C11H25N5. The molecule has 1 fully saturated rings. The van der Waals surface area contributed by atoms with Crippen LogP contribution in [0.25, 0.3) is 0 Å². The molecule has 5 nitrogen and oxygen atoms in total. The zero-order valence-corrected chi connectivity index (χ0v) is 10.7. The average molecular weight is 227 g/mol. The van der Waals surface area contributed by atoms with Crippen molar-refractivity contribution in [2.24, 2.45) is 10.8 Å².